The molecule has 2 saturated carbocycles. The minimum atomic E-state index is -3.75. The Hall–Kier alpha value is -1.07. The van der Waals surface area contributed by atoms with Gasteiger partial charge in [-0.15, -0.1) is 0 Å². The van der Waals surface area contributed by atoms with Crippen molar-refractivity contribution in [2.24, 2.45) is 11.8 Å². The fourth-order valence-electron chi connectivity index (χ4n) is 4.18. The highest BCUT2D eigenvalue weighted by Gasteiger charge is 2.64. The van der Waals surface area contributed by atoms with E-state index >= 15 is 0 Å². The standard InChI is InChI=1S/C17H21ClO4S/c1-22-16(19)17(11-15(17)12-5-3-2-4-6-12)13-7-9-14(10-8-13)23(18,20)21/h7-10,12,15H,2-6,11H2,1H3/t15-,17-/m0/s1. The fraction of sp³-hybridized carbons (Fsp3) is 0.588. The lowest BCUT2D eigenvalue weighted by atomic mass is 9.80. The van der Waals surface area contributed by atoms with E-state index in [1.54, 1.807) is 12.1 Å². The van der Waals surface area contributed by atoms with Crippen molar-refractivity contribution in [1.29, 1.82) is 0 Å². The predicted molar refractivity (Wildman–Crippen MR) is 87.9 cm³/mol. The zero-order valence-corrected chi connectivity index (χ0v) is 14.7. The van der Waals surface area contributed by atoms with E-state index in [4.69, 9.17) is 15.4 Å². The van der Waals surface area contributed by atoms with Crippen LogP contribution in [0.25, 0.3) is 0 Å². The van der Waals surface area contributed by atoms with E-state index in [2.05, 4.69) is 0 Å². The van der Waals surface area contributed by atoms with Gasteiger partial charge in [0.25, 0.3) is 9.05 Å². The van der Waals surface area contributed by atoms with Crippen LogP contribution in [0.1, 0.15) is 44.1 Å². The van der Waals surface area contributed by atoms with Gasteiger partial charge in [-0.2, -0.15) is 0 Å². The van der Waals surface area contributed by atoms with Crippen LogP contribution in [0.5, 0.6) is 0 Å². The summed E-state index contributed by atoms with van der Waals surface area (Å²) in [5.74, 6) is 0.641. The van der Waals surface area contributed by atoms with Crippen LogP contribution < -0.4 is 0 Å². The van der Waals surface area contributed by atoms with Gasteiger partial charge in [-0.1, -0.05) is 44.2 Å². The number of benzene rings is 1. The normalized spacial score (nSPS) is 28.3. The molecule has 0 saturated heterocycles. The van der Waals surface area contributed by atoms with E-state index in [1.807, 2.05) is 0 Å². The first-order chi connectivity index (χ1) is 10.9. The van der Waals surface area contributed by atoms with E-state index in [9.17, 15) is 13.2 Å². The zero-order valence-electron chi connectivity index (χ0n) is 13.1. The summed E-state index contributed by atoms with van der Waals surface area (Å²) in [4.78, 5) is 12.5. The van der Waals surface area contributed by atoms with Crippen LogP contribution in [-0.2, 0) is 24.0 Å². The molecule has 2 aliphatic rings. The summed E-state index contributed by atoms with van der Waals surface area (Å²) >= 11 is 0. The molecular weight excluding hydrogens is 336 g/mol. The maximum absolute atomic E-state index is 12.5. The maximum Gasteiger partial charge on any atom is 0.316 e. The molecule has 0 unspecified atom stereocenters. The average molecular weight is 357 g/mol. The Morgan fingerprint density at radius 1 is 1.17 bits per heavy atom. The Labute approximate surface area is 141 Å². The number of esters is 1. The van der Waals surface area contributed by atoms with Gasteiger partial charge in [-0.3, -0.25) is 4.79 Å². The number of rotatable bonds is 4. The van der Waals surface area contributed by atoms with Crippen LogP contribution in [0.15, 0.2) is 29.2 Å². The zero-order chi connectivity index (χ0) is 16.7. The van der Waals surface area contributed by atoms with Crippen molar-refractivity contribution >= 4 is 25.7 Å². The Balaban J connectivity index is 1.90. The molecular formula is C17H21ClO4S. The second kappa shape index (κ2) is 6.10. The van der Waals surface area contributed by atoms with Gasteiger partial charge in [0.15, 0.2) is 0 Å². The van der Waals surface area contributed by atoms with Gasteiger partial charge < -0.3 is 4.74 Å². The fourth-order valence-corrected chi connectivity index (χ4v) is 4.94. The summed E-state index contributed by atoms with van der Waals surface area (Å²) in [5, 5.41) is 0. The van der Waals surface area contributed by atoms with E-state index in [-0.39, 0.29) is 10.9 Å². The van der Waals surface area contributed by atoms with Gasteiger partial charge in [-0.05, 0) is 36.0 Å². The summed E-state index contributed by atoms with van der Waals surface area (Å²) in [6, 6.07) is 6.35. The molecule has 0 amide bonds. The van der Waals surface area contributed by atoms with Gasteiger partial charge in [0, 0.05) is 10.7 Å². The molecule has 2 aliphatic carbocycles. The second-order valence-corrected chi connectivity index (χ2v) is 9.20. The van der Waals surface area contributed by atoms with Crippen LogP contribution in [0.4, 0.5) is 0 Å². The highest BCUT2D eigenvalue weighted by atomic mass is 35.7. The molecule has 2 atom stereocenters. The SMILES string of the molecule is COC(=O)[C@]1(c2ccc(S(=O)(=O)Cl)cc2)C[C@H]1C1CCCCC1. The van der Waals surface area contributed by atoms with Crippen LogP contribution >= 0.6 is 10.7 Å². The maximum atomic E-state index is 12.5. The molecule has 0 heterocycles. The van der Waals surface area contributed by atoms with Gasteiger partial charge in [0.1, 0.15) is 0 Å². The lowest BCUT2D eigenvalue weighted by Crippen LogP contribution is -2.27. The first-order valence-electron chi connectivity index (χ1n) is 8.03. The number of ether oxygens (including phenoxy) is 1. The van der Waals surface area contributed by atoms with Crippen molar-refractivity contribution in [2.75, 3.05) is 7.11 Å². The van der Waals surface area contributed by atoms with Crippen molar-refractivity contribution < 1.29 is 17.9 Å². The van der Waals surface area contributed by atoms with Crippen LogP contribution in [0.3, 0.4) is 0 Å². The second-order valence-electron chi connectivity index (χ2n) is 6.63. The number of hydrogen-bond acceptors (Lipinski definition) is 4. The van der Waals surface area contributed by atoms with Crippen molar-refractivity contribution in [3.8, 4) is 0 Å². The third-order valence-corrected chi connectivity index (χ3v) is 6.80. The molecule has 0 spiro atoms. The predicted octanol–water partition coefficient (Wildman–Crippen LogP) is 3.63. The quantitative estimate of drug-likeness (QED) is 0.610. The third kappa shape index (κ3) is 3.01. The van der Waals surface area contributed by atoms with Gasteiger partial charge in [0.2, 0.25) is 0 Å². The van der Waals surface area contributed by atoms with E-state index in [0.29, 0.717) is 11.8 Å². The van der Waals surface area contributed by atoms with Gasteiger partial charge in [0.05, 0.1) is 17.4 Å². The van der Waals surface area contributed by atoms with Gasteiger partial charge in [-0.25, -0.2) is 8.42 Å². The first-order valence-corrected chi connectivity index (χ1v) is 10.3. The summed E-state index contributed by atoms with van der Waals surface area (Å²) in [7, 11) is 3.03. The van der Waals surface area contributed by atoms with E-state index in [1.165, 1.54) is 38.5 Å². The molecule has 1 aromatic carbocycles. The highest BCUT2D eigenvalue weighted by molar-refractivity contribution is 8.13. The number of halogens is 1. The van der Waals surface area contributed by atoms with E-state index < -0.39 is 14.5 Å². The molecule has 0 radical (unpaired) electrons. The topological polar surface area (TPSA) is 60.4 Å². The van der Waals surface area contributed by atoms with Crippen molar-refractivity contribution in [2.45, 2.75) is 48.8 Å². The van der Waals surface area contributed by atoms with Crippen molar-refractivity contribution in [1.82, 2.24) is 0 Å². The number of methoxy groups -OCH3 is 1. The van der Waals surface area contributed by atoms with Crippen LogP contribution in [-0.4, -0.2) is 21.5 Å². The first kappa shape index (κ1) is 16.8. The lowest BCUT2D eigenvalue weighted by Gasteiger charge is -2.25. The smallest absolute Gasteiger partial charge is 0.316 e. The monoisotopic (exact) mass is 356 g/mol. The summed E-state index contributed by atoms with van der Waals surface area (Å²) in [5.41, 5.74) is 0.231. The molecule has 4 nitrogen and oxygen atoms in total. The lowest BCUT2D eigenvalue weighted by molar-refractivity contribution is -0.144. The molecule has 6 heteroatoms. The summed E-state index contributed by atoms with van der Waals surface area (Å²) < 4.78 is 27.8. The molecule has 0 N–H and O–H groups in total. The molecule has 0 bridgehead atoms. The number of carbonyl (C=O) groups excluding carboxylic acids is 1. The molecule has 3 rings (SSSR count). The molecule has 23 heavy (non-hydrogen) atoms. The van der Waals surface area contributed by atoms with Crippen molar-refractivity contribution in [3.63, 3.8) is 0 Å². The average Bonchev–Trinajstić information content (AvgIpc) is 3.31. The molecule has 0 aromatic heterocycles. The Morgan fingerprint density at radius 3 is 2.30 bits per heavy atom. The minimum absolute atomic E-state index is 0.0535. The Bertz CT molecular complexity index is 692. The molecule has 2 fully saturated rings. The van der Waals surface area contributed by atoms with Crippen LogP contribution in [0.2, 0.25) is 0 Å². The largest absolute Gasteiger partial charge is 0.468 e. The summed E-state index contributed by atoms with van der Waals surface area (Å²) in [6.07, 6.45) is 6.84. The van der Waals surface area contributed by atoms with Crippen molar-refractivity contribution in [3.05, 3.63) is 29.8 Å². The Morgan fingerprint density at radius 2 is 1.78 bits per heavy atom. The number of carbonyl (C=O) groups is 1. The third-order valence-electron chi connectivity index (χ3n) is 5.43. The highest BCUT2D eigenvalue weighted by Crippen LogP contribution is 2.61. The van der Waals surface area contributed by atoms with Gasteiger partial charge >= 0.3 is 5.97 Å². The molecule has 1 aromatic rings. The molecule has 126 valence electrons. The minimum Gasteiger partial charge on any atom is -0.468 e. The Kier molecular flexibility index (Phi) is 4.45. The van der Waals surface area contributed by atoms with E-state index in [0.717, 1.165) is 24.8 Å². The summed E-state index contributed by atoms with van der Waals surface area (Å²) in [6.45, 7) is 0. The molecule has 0 aliphatic heterocycles. The van der Waals surface area contributed by atoms with Crippen LogP contribution in [0, 0.1) is 11.8 Å². The number of hydrogen-bond donors (Lipinski definition) is 0.